The number of carboxylic acids is 1. The topological polar surface area (TPSA) is 100 Å². The maximum Gasteiger partial charge on any atom is 0.339 e. The molecule has 2 atom stereocenters. The minimum Gasteiger partial charge on any atom is -0.490 e. The molecule has 8 heteroatoms. The third kappa shape index (κ3) is 8.24. The third-order valence-electron chi connectivity index (χ3n) is 7.62. The molecule has 1 aromatic heterocycles. The molecule has 3 aromatic carbocycles. The average Bonchev–Trinajstić information content (AvgIpc) is 3.38. The van der Waals surface area contributed by atoms with Gasteiger partial charge < -0.3 is 28.5 Å². The number of hydrogen-bond acceptors (Lipinski definition) is 7. The minimum absolute atomic E-state index is 0.0461. The minimum atomic E-state index is -1.04. The Kier molecular flexibility index (Phi) is 10.1. The van der Waals surface area contributed by atoms with Gasteiger partial charge in [0.2, 0.25) is 5.89 Å². The molecule has 1 fully saturated rings. The Morgan fingerprint density at radius 3 is 2.47 bits per heavy atom. The maximum atomic E-state index is 11.9. The smallest absolute Gasteiger partial charge is 0.339 e. The average molecular weight is 586 g/mol. The molecular weight excluding hydrogens is 546 g/mol. The molecule has 1 aliphatic carbocycles. The highest BCUT2D eigenvalue weighted by Crippen LogP contribution is 2.30. The Labute approximate surface area is 252 Å². The standard InChI is InChI=1S/C35H39NO7/c1-23-9-7-12-27(17-23)34-36-31(25(3)43-34)22-42-29-14-8-13-28(19-29)39-15-16-40-32-20-30(18-24(2)33(32)35(37)38)41-21-26-10-5-4-6-11-26/h4-7,9-12,17-18,20,28-29H,8,13-16,19,21-22H2,1-3H3,(H,37,38)/t28-,29+/m1/s1. The number of carboxylic acid groups (broad SMARTS) is 1. The zero-order valence-corrected chi connectivity index (χ0v) is 25.0. The maximum absolute atomic E-state index is 11.9. The molecule has 0 saturated heterocycles. The van der Waals surface area contributed by atoms with E-state index >= 15 is 0 Å². The van der Waals surface area contributed by atoms with Crippen molar-refractivity contribution in [3.8, 4) is 23.0 Å². The number of rotatable bonds is 13. The van der Waals surface area contributed by atoms with Crippen molar-refractivity contribution in [2.24, 2.45) is 0 Å². The summed E-state index contributed by atoms with van der Waals surface area (Å²) in [5.41, 5.74) is 4.66. The predicted molar refractivity (Wildman–Crippen MR) is 163 cm³/mol. The summed E-state index contributed by atoms with van der Waals surface area (Å²) in [5, 5.41) is 9.78. The van der Waals surface area contributed by atoms with Crippen LogP contribution in [-0.4, -0.2) is 41.5 Å². The van der Waals surface area contributed by atoms with Crippen LogP contribution in [0.5, 0.6) is 11.5 Å². The second-order valence-electron chi connectivity index (χ2n) is 11.0. The van der Waals surface area contributed by atoms with Crippen LogP contribution in [0.15, 0.2) is 71.1 Å². The summed E-state index contributed by atoms with van der Waals surface area (Å²) < 4.78 is 30.1. The lowest BCUT2D eigenvalue weighted by Crippen LogP contribution is -2.29. The van der Waals surface area contributed by atoms with E-state index in [-0.39, 0.29) is 30.1 Å². The van der Waals surface area contributed by atoms with Crippen LogP contribution in [-0.2, 0) is 22.7 Å². The molecule has 0 spiro atoms. The molecule has 0 amide bonds. The lowest BCUT2D eigenvalue weighted by Gasteiger charge is -2.29. The van der Waals surface area contributed by atoms with E-state index < -0.39 is 5.97 Å². The first-order chi connectivity index (χ1) is 20.9. The highest BCUT2D eigenvalue weighted by atomic mass is 16.5. The van der Waals surface area contributed by atoms with Gasteiger partial charge in [0.1, 0.15) is 41.7 Å². The first-order valence-corrected chi connectivity index (χ1v) is 14.8. The predicted octanol–water partition coefficient (Wildman–Crippen LogP) is 7.47. The van der Waals surface area contributed by atoms with Gasteiger partial charge in [-0.05, 0) is 75.8 Å². The van der Waals surface area contributed by atoms with Crippen molar-refractivity contribution in [1.29, 1.82) is 0 Å². The van der Waals surface area contributed by atoms with Gasteiger partial charge in [-0.15, -0.1) is 0 Å². The van der Waals surface area contributed by atoms with Crippen molar-refractivity contribution < 1.29 is 33.3 Å². The molecule has 0 bridgehead atoms. The summed E-state index contributed by atoms with van der Waals surface area (Å²) in [6, 6.07) is 21.3. The highest BCUT2D eigenvalue weighted by Gasteiger charge is 2.24. The van der Waals surface area contributed by atoms with Crippen LogP contribution in [0, 0.1) is 20.8 Å². The van der Waals surface area contributed by atoms with Gasteiger partial charge in [-0.2, -0.15) is 0 Å². The zero-order chi connectivity index (χ0) is 30.2. The molecule has 1 N–H and O–H groups in total. The van der Waals surface area contributed by atoms with Gasteiger partial charge in [0, 0.05) is 11.6 Å². The quantitative estimate of drug-likeness (QED) is 0.161. The molecule has 0 unspecified atom stereocenters. The summed E-state index contributed by atoms with van der Waals surface area (Å²) in [6.45, 7) is 7.04. The van der Waals surface area contributed by atoms with Gasteiger partial charge >= 0.3 is 5.97 Å². The van der Waals surface area contributed by atoms with Crippen LogP contribution in [0.4, 0.5) is 0 Å². The van der Waals surface area contributed by atoms with E-state index in [2.05, 4.69) is 11.1 Å². The summed E-state index contributed by atoms with van der Waals surface area (Å²) in [5.74, 6) is 1.17. The van der Waals surface area contributed by atoms with E-state index in [4.69, 9.17) is 23.4 Å². The molecule has 226 valence electrons. The van der Waals surface area contributed by atoms with E-state index in [1.807, 2.05) is 62.4 Å². The van der Waals surface area contributed by atoms with Gasteiger partial charge in [0.15, 0.2) is 0 Å². The Morgan fingerprint density at radius 2 is 1.70 bits per heavy atom. The molecular formula is C35H39NO7. The SMILES string of the molecule is Cc1cccc(-c2nc(CO[C@H]3CCC[C@@H](OCCOc4cc(OCc5ccccc5)cc(C)c4C(=O)O)C3)c(C)o2)c1. The Morgan fingerprint density at radius 1 is 0.907 bits per heavy atom. The molecule has 5 rings (SSSR count). The van der Waals surface area contributed by atoms with E-state index in [0.29, 0.717) is 37.0 Å². The number of carbonyl (C=O) groups is 1. The Hall–Kier alpha value is -4.14. The van der Waals surface area contributed by atoms with Crippen LogP contribution < -0.4 is 9.47 Å². The number of nitrogens with zero attached hydrogens (tertiary/aromatic N) is 1. The van der Waals surface area contributed by atoms with Crippen molar-refractivity contribution in [2.45, 2.75) is 71.9 Å². The normalized spacial score (nSPS) is 16.6. The van der Waals surface area contributed by atoms with Crippen LogP contribution in [0.2, 0.25) is 0 Å². The molecule has 0 aliphatic heterocycles. The summed E-state index contributed by atoms with van der Waals surface area (Å²) in [4.78, 5) is 16.6. The van der Waals surface area contributed by atoms with Gasteiger partial charge in [0.05, 0.1) is 25.4 Å². The van der Waals surface area contributed by atoms with Crippen LogP contribution in [0.25, 0.3) is 11.5 Å². The molecule has 1 heterocycles. The highest BCUT2D eigenvalue weighted by molar-refractivity contribution is 5.93. The molecule has 4 aromatic rings. The first kappa shape index (κ1) is 30.3. The van der Waals surface area contributed by atoms with Gasteiger partial charge in [0.25, 0.3) is 0 Å². The summed E-state index contributed by atoms with van der Waals surface area (Å²) >= 11 is 0. The zero-order valence-electron chi connectivity index (χ0n) is 25.0. The van der Waals surface area contributed by atoms with E-state index in [1.165, 1.54) is 0 Å². The van der Waals surface area contributed by atoms with Crippen molar-refractivity contribution >= 4 is 5.97 Å². The largest absolute Gasteiger partial charge is 0.490 e. The fourth-order valence-corrected chi connectivity index (χ4v) is 5.37. The number of benzene rings is 3. The number of aromatic nitrogens is 1. The molecule has 8 nitrogen and oxygen atoms in total. The Balaban J connectivity index is 1.10. The van der Waals surface area contributed by atoms with Crippen molar-refractivity contribution in [2.75, 3.05) is 13.2 Å². The van der Waals surface area contributed by atoms with Gasteiger partial charge in [-0.1, -0.05) is 48.0 Å². The van der Waals surface area contributed by atoms with Gasteiger partial charge in [-0.25, -0.2) is 9.78 Å². The molecule has 1 aliphatic rings. The van der Waals surface area contributed by atoms with Crippen molar-refractivity contribution in [3.63, 3.8) is 0 Å². The number of ether oxygens (including phenoxy) is 4. The summed E-state index contributed by atoms with van der Waals surface area (Å²) in [6.07, 6.45) is 3.82. The van der Waals surface area contributed by atoms with Crippen LogP contribution in [0.1, 0.15) is 64.2 Å². The lowest BCUT2D eigenvalue weighted by atomic mass is 9.95. The molecule has 0 radical (unpaired) electrons. The number of oxazole rings is 1. The number of aromatic carboxylic acids is 1. The Bertz CT molecular complexity index is 1510. The van der Waals surface area contributed by atoms with Crippen LogP contribution >= 0.6 is 0 Å². The summed E-state index contributed by atoms with van der Waals surface area (Å²) in [7, 11) is 0. The van der Waals surface area contributed by atoms with E-state index in [9.17, 15) is 9.90 Å². The fraction of sp³-hybridized carbons (Fsp3) is 0.371. The fourth-order valence-electron chi connectivity index (χ4n) is 5.37. The van der Waals surface area contributed by atoms with E-state index in [0.717, 1.165) is 53.8 Å². The van der Waals surface area contributed by atoms with Crippen molar-refractivity contribution in [1.82, 2.24) is 4.98 Å². The number of hydrogen-bond donors (Lipinski definition) is 1. The first-order valence-electron chi connectivity index (χ1n) is 14.8. The molecule has 1 saturated carbocycles. The van der Waals surface area contributed by atoms with Crippen molar-refractivity contribution in [3.05, 3.63) is 100 Å². The monoisotopic (exact) mass is 585 g/mol. The lowest BCUT2D eigenvalue weighted by molar-refractivity contribution is -0.0556. The van der Waals surface area contributed by atoms with E-state index in [1.54, 1.807) is 19.1 Å². The molecule has 43 heavy (non-hydrogen) atoms. The second kappa shape index (κ2) is 14.4. The third-order valence-corrected chi connectivity index (χ3v) is 7.62. The number of aryl methyl sites for hydroxylation is 3. The van der Waals surface area contributed by atoms with Gasteiger partial charge in [-0.3, -0.25) is 0 Å². The van der Waals surface area contributed by atoms with Crippen LogP contribution in [0.3, 0.4) is 0 Å². The second-order valence-corrected chi connectivity index (χ2v) is 11.0.